The molecule has 0 spiro atoms. The molecule has 0 fully saturated rings. The summed E-state index contributed by atoms with van der Waals surface area (Å²) in [6, 6.07) is 66.3. The largest absolute Gasteiger partial charge is 0.376 e. The standard InChI is InChI=1S/C60H43BN2Si/c1-5-21-44(22-6-1)45-23-19-32-51(41-45)64(49-28-9-3-10-29-49,50-30-11-4-12-31-50)52-39-40-56-55-35-14-17-37-58(55)62(60(56)43-52)47-26-20-27-48(42-47)63-59-38-18-15-34-54(59)53-33-13-16-36-57(53)61(63)46-24-7-2-8-25-46/h1-43H/i1D,5D,6D,20D,21D,22D,26D,27D,42D. The van der Waals surface area contributed by atoms with Crippen molar-refractivity contribution in [1.29, 1.82) is 0 Å². The molecular weight excluding hydrogens is 788 g/mol. The van der Waals surface area contributed by atoms with Gasteiger partial charge in [0.15, 0.2) is 8.07 Å². The quantitative estimate of drug-likeness (QED) is 0.109. The summed E-state index contributed by atoms with van der Waals surface area (Å²) in [4.78, 5) is 2.03. The van der Waals surface area contributed by atoms with Crippen molar-refractivity contribution in [3.8, 4) is 27.9 Å². The van der Waals surface area contributed by atoms with Gasteiger partial charge >= 0.3 is 6.85 Å². The number of rotatable bonds is 8. The Balaban J connectivity index is 1.17. The molecule has 4 heteroatoms. The Bertz CT molecular complexity index is 3930. The molecule has 0 radical (unpaired) electrons. The van der Waals surface area contributed by atoms with Gasteiger partial charge in [-0.25, -0.2) is 0 Å². The van der Waals surface area contributed by atoms with Gasteiger partial charge in [-0.15, -0.1) is 0 Å². The van der Waals surface area contributed by atoms with E-state index in [-0.39, 0.29) is 53.2 Å². The lowest BCUT2D eigenvalue weighted by atomic mass is 9.46. The van der Waals surface area contributed by atoms with Crippen LogP contribution in [0.4, 0.5) is 11.4 Å². The highest BCUT2D eigenvalue weighted by Crippen LogP contribution is 2.41. The van der Waals surface area contributed by atoms with Gasteiger partial charge in [-0.1, -0.05) is 230 Å². The summed E-state index contributed by atoms with van der Waals surface area (Å²) in [7, 11) is -3.47. The fourth-order valence-electron chi connectivity index (χ4n) is 10.1. The summed E-state index contributed by atoms with van der Waals surface area (Å²) in [6.07, 6.45) is 0. The van der Waals surface area contributed by atoms with Crippen molar-refractivity contribution in [3.05, 3.63) is 261 Å². The molecule has 64 heavy (non-hydrogen) atoms. The van der Waals surface area contributed by atoms with E-state index in [9.17, 15) is 5.48 Å². The minimum absolute atomic E-state index is 0.0601. The molecule has 0 atom stereocenters. The second-order valence-corrected chi connectivity index (χ2v) is 19.9. The molecule has 300 valence electrons. The molecule has 2 nitrogen and oxygen atoms in total. The topological polar surface area (TPSA) is 8.17 Å². The molecule has 1 aliphatic heterocycles. The van der Waals surface area contributed by atoms with Gasteiger partial charge in [0.25, 0.3) is 0 Å². The van der Waals surface area contributed by atoms with Crippen LogP contribution in [0.3, 0.4) is 0 Å². The minimum Gasteiger partial charge on any atom is -0.376 e. The molecule has 1 aromatic heterocycles. The summed E-state index contributed by atoms with van der Waals surface area (Å²) >= 11 is 0. The lowest BCUT2D eigenvalue weighted by Crippen LogP contribution is -2.74. The molecule has 0 saturated carbocycles. The van der Waals surface area contributed by atoms with Gasteiger partial charge in [0.2, 0.25) is 0 Å². The molecule has 0 aliphatic carbocycles. The lowest BCUT2D eigenvalue weighted by molar-refractivity contribution is 1.18. The molecule has 0 saturated heterocycles. The molecular formula is C60H43BN2Si. The summed E-state index contributed by atoms with van der Waals surface area (Å²) in [5, 5.41) is 5.69. The Hall–Kier alpha value is -7.92. The number of hydrogen-bond acceptors (Lipinski definition) is 1. The van der Waals surface area contributed by atoms with Crippen LogP contribution in [0.25, 0.3) is 49.7 Å². The number of anilines is 2. The third kappa shape index (κ3) is 6.10. The van der Waals surface area contributed by atoms with Crippen molar-refractivity contribution in [3.63, 3.8) is 0 Å². The molecule has 0 N–H and O–H groups in total. The SMILES string of the molecule is [2H]c1c([2H])c([2H])c(-c2cccc([Si](c3ccccc3)(c3ccccc3)c3ccc4c5ccccc5n(-c5c([2H])c([2H])c([2H])c(N6B(c7ccccc7)c7ccccc7-c7ccccc76)c5[2H])c4c3)c2)c([2H])c1[2H]. The van der Waals surface area contributed by atoms with Gasteiger partial charge < -0.3 is 9.38 Å². The number of nitrogens with zero attached hydrogens (tertiary/aromatic N) is 2. The van der Waals surface area contributed by atoms with Crippen LogP contribution >= 0.6 is 0 Å². The molecule has 2 heterocycles. The summed E-state index contributed by atoms with van der Waals surface area (Å²) < 4.78 is 85.1. The zero-order chi connectivity index (χ0) is 50.3. The third-order valence-corrected chi connectivity index (χ3v) is 17.5. The average Bonchev–Trinajstić information content (AvgIpc) is 3.76. The van der Waals surface area contributed by atoms with E-state index < -0.39 is 33.0 Å². The first kappa shape index (κ1) is 29.4. The Morgan fingerprint density at radius 3 is 1.80 bits per heavy atom. The summed E-state index contributed by atoms with van der Waals surface area (Å²) in [5.41, 5.74) is 7.17. The van der Waals surface area contributed by atoms with Crippen LogP contribution in [-0.4, -0.2) is 19.5 Å². The van der Waals surface area contributed by atoms with Crippen LogP contribution < -0.4 is 36.5 Å². The van der Waals surface area contributed by atoms with Crippen LogP contribution in [0.2, 0.25) is 0 Å². The first-order chi connectivity index (χ1) is 35.5. The molecule has 0 unspecified atom stereocenters. The van der Waals surface area contributed by atoms with Crippen molar-refractivity contribution >= 4 is 79.8 Å². The highest BCUT2D eigenvalue weighted by Gasteiger charge is 2.42. The van der Waals surface area contributed by atoms with E-state index >= 15 is 0 Å². The zero-order valence-corrected chi connectivity index (χ0v) is 35.6. The molecule has 0 bridgehead atoms. The van der Waals surface area contributed by atoms with E-state index in [2.05, 4.69) is 78.9 Å². The van der Waals surface area contributed by atoms with Crippen molar-refractivity contribution in [2.45, 2.75) is 0 Å². The van der Waals surface area contributed by atoms with Crippen LogP contribution in [-0.2, 0) is 0 Å². The lowest BCUT2D eigenvalue weighted by Gasteiger charge is -2.39. The van der Waals surface area contributed by atoms with Gasteiger partial charge in [-0.2, -0.15) is 0 Å². The van der Waals surface area contributed by atoms with Crippen LogP contribution in [0.5, 0.6) is 0 Å². The number of fused-ring (bicyclic) bond motifs is 6. The predicted molar refractivity (Wildman–Crippen MR) is 275 cm³/mol. The number of aromatic nitrogens is 1. The second-order valence-electron chi connectivity index (χ2n) is 16.1. The second kappa shape index (κ2) is 15.8. The Kier molecular flexibility index (Phi) is 7.24. The van der Waals surface area contributed by atoms with E-state index in [1.165, 1.54) is 0 Å². The van der Waals surface area contributed by atoms with Crippen LogP contribution in [0.1, 0.15) is 12.3 Å². The minimum atomic E-state index is -3.47. The maximum absolute atomic E-state index is 10.5. The molecule has 0 amide bonds. The van der Waals surface area contributed by atoms with Crippen LogP contribution in [0.15, 0.2) is 261 Å². The van der Waals surface area contributed by atoms with Crippen molar-refractivity contribution in [2.75, 3.05) is 4.81 Å². The van der Waals surface area contributed by atoms with E-state index in [0.717, 1.165) is 64.8 Å². The zero-order valence-electron chi connectivity index (χ0n) is 43.6. The van der Waals surface area contributed by atoms with E-state index in [1.54, 1.807) is 6.07 Å². The average molecular weight is 840 g/mol. The van der Waals surface area contributed by atoms with Gasteiger partial charge in [0.1, 0.15) is 0 Å². The fourth-order valence-corrected chi connectivity index (χ4v) is 14.9. The Morgan fingerprint density at radius 1 is 0.406 bits per heavy atom. The third-order valence-electron chi connectivity index (χ3n) is 12.8. The van der Waals surface area contributed by atoms with Gasteiger partial charge in [-0.3, -0.25) is 0 Å². The Morgan fingerprint density at radius 2 is 1.02 bits per heavy atom. The smallest absolute Gasteiger partial charge is 0.328 e. The monoisotopic (exact) mass is 839 g/mol. The van der Waals surface area contributed by atoms with Crippen molar-refractivity contribution < 1.29 is 12.3 Å². The molecule has 10 aromatic carbocycles. The van der Waals surface area contributed by atoms with Gasteiger partial charge in [-0.05, 0) is 79.2 Å². The van der Waals surface area contributed by atoms with Crippen molar-refractivity contribution in [2.24, 2.45) is 0 Å². The summed E-state index contributed by atoms with van der Waals surface area (Å²) in [5.74, 6) is 0. The first-order valence-electron chi connectivity index (χ1n) is 26.0. The molecule has 12 rings (SSSR count). The van der Waals surface area contributed by atoms with Crippen molar-refractivity contribution in [1.82, 2.24) is 4.57 Å². The summed E-state index contributed by atoms with van der Waals surface area (Å²) in [6.45, 7) is -0.476. The normalized spacial score (nSPS) is 14.3. The highest BCUT2D eigenvalue weighted by atomic mass is 28.3. The molecule has 1 aliphatic rings. The van der Waals surface area contributed by atoms with Crippen LogP contribution in [0, 0.1) is 0 Å². The van der Waals surface area contributed by atoms with E-state index in [4.69, 9.17) is 6.85 Å². The number of para-hydroxylation sites is 2. The van der Waals surface area contributed by atoms with E-state index in [0.29, 0.717) is 11.1 Å². The van der Waals surface area contributed by atoms with E-state index in [1.807, 2.05) is 131 Å². The van der Waals surface area contributed by atoms with Gasteiger partial charge in [0.05, 0.1) is 23.4 Å². The number of benzene rings is 10. The number of hydrogen-bond donors (Lipinski definition) is 0. The fraction of sp³-hybridized carbons (Fsp3) is 0. The maximum atomic E-state index is 10.5. The Labute approximate surface area is 388 Å². The van der Waals surface area contributed by atoms with Gasteiger partial charge in [0, 0.05) is 33.4 Å². The predicted octanol–water partition coefficient (Wildman–Crippen LogP) is 10.8. The first-order valence-corrected chi connectivity index (χ1v) is 23.5. The maximum Gasteiger partial charge on any atom is 0.328 e. The molecule has 11 aromatic rings. The highest BCUT2D eigenvalue weighted by molar-refractivity contribution is 7.20.